The number of rotatable bonds is 7. The number of hydrogen-bond acceptors (Lipinski definition) is 6. The highest BCUT2D eigenvalue weighted by molar-refractivity contribution is 8.18. The minimum atomic E-state index is -0.555. The number of phenols is 1. The molecule has 0 saturated carbocycles. The first-order chi connectivity index (χ1) is 16.4. The van der Waals surface area contributed by atoms with E-state index in [4.69, 9.17) is 4.74 Å². The highest BCUT2D eigenvalue weighted by Crippen LogP contribution is 2.36. The van der Waals surface area contributed by atoms with Gasteiger partial charge in [0.1, 0.15) is 6.54 Å². The molecule has 7 nitrogen and oxygen atoms in total. The first kappa shape index (κ1) is 23.1. The quantitative estimate of drug-likeness (QED) is 0.371. The number of ether oxygens (including phenoxy) is 1. The van der Waals surface area contributed by atoms with E-state index >= 15 is 0 Å². The number of carbonyl (C=O) groups excluding carboxylic acids is 3. The van der Waals surface area contributed by atoms with Crippen molar-refractivity contribution in [2.24, 2.45) is 0 Å². The second-order valence-corrected chi connectivity index (χ2v) is 8.56. The number of phenolic OH excluding ortho intramolecular Hbond substituents is 1. The minimum absolute atomic E-state index is 0.00207. The van der Waals surface area contributed by atoms with E-state index in [0.29, 0.717) is 23.2 Å². The smallest absolute Gasteiger partial charge is 0.294 e. The molecule has 0 aliphatic carbocycles. The Morgan fingerprint density at radius 3 is 2.71 bits per heavy atom. The summed E-state index contributed by atoms with van der Waals surface area (Å²) in [6.45, 7) is 3.28. The summed E-state index contributed by atoms with van der Waals surface area (Å²) in [6.07, 6.45) is 3.59. The first-order valence-electron chi connectivity index (χ1n) is 10.4. The van der Waals surface area contributed by atoms with E-state index in [-0.39, 0.29) is 16.4 Å². The monoisotopic (exact) mass is 474 g/mol. The molecular formula is C26H22N2O5S. The van der Waals surface area contributed by atoms with Gasteiger partial charge in [0.05, 0.1) is 12.0 Å². The van der Waals surface area contributed by atoms with Gasteiger partial charge in [-0.15, -0.1) is 6.58 Å². The molecule has 0 bridgehead atoms. The number of methoxy groups -OCH3 is 1. The van der Waals surface area contributed by atoms with Crippen LogP contribution in [0.3, 0.4) is 0 Å². The molecular weight excluding hydrogens is 452 g/mol. The molecule has 1 aliphatic rings. The van der Waals surface area contributed by atoms with Crippen molar-refractivity contribution in [1.82, 2.24) is 4.90 Å². The Kier molecular flexibility index (Phi) is 6.70. The summed E-state index contributed by atoms with van der Waals surface area (Å²) < 4.78 is 5.21. The zero-order valence-electron chi connectivity index (χ0n) is 18.4. The van der Waals surface area contributed by atoms with Crippen molar-refractivity contribution in [3.8, 4) is 11.5 Å². The fraction of sp³-hybridized carbons (Fsp3) is 0.115. The standard InChI is InChI=1S/C26H22N2O5S/c1-3-7-18-12-16(13-21(33-2)24(18)30)14-22-25(31)28(26(32)34-22)15-23(29)27-20-11-6-9-17-8-4-5-10-19(17)20/h3-6,8-14,30H,1,7,15H2,2H3,(H,27,29)/b22-14-. The molecule has 1 aliphatic heterocycles. The number of fused-ring (bicyclic) bond motifs is 1. The zero-order valence-corrected chi connectivity index (χ0v) is 19.2. The lowest BCUT2D eigenvalue weighted by atomic mass is 10.1. The molecule has 0 spiro atoms. The largest absolute Gasteiger partial charge is 0.504 e. The molecule has 4 rings (SSSR count). The average Bonchev–Trinajstić information content (AvgIpc) is 3.08. The van der Waals surface area contributed by atoms with Crippen LogP contribution in [0.4, 0.5) is 10.5 Å². The number of anilines is 1. The van der Waals surface area contributed by atoms with Gasteiger partial charge in [-0.05, 0) is 53.4 Å². The summed E-state index contributed by atoms with van der Waals surface area (Å²) in [7, 11) is 1.43. The maximum absolute atomic E-state index is 12.9. The Morgan fingerprint density at radius 2 is 1.94 bits per heavy atom. The van der Waals surface area contributed by atoms with Crippen LogP contribution in [-0.2, 0) is 16.0 Å². The van der Waals surface area contributed by atoms with Crippen LogP contribution in [-0.4, -0.2) is 40.7 Å². The number of thioether (sulfide) groups is 1. The van der Waals surface area contributed by atoms with Gasteiger partial charge in [-0.2, -0.15) is 0 Å². The van der Waals surface area contributed by atoms with Crippen LogP contribution in [0.15, 0.2) is 72.2 Å². The van der Waals surface area contributed by atoms with Crippen molar-refractivity contribution in [2.75, 3.05) is 19.0 Å². The van der Waals surface area contributed by atoms with Crippen LogP contribution >= 0.6 is 11.8 Å². The number of hydrogen-bond donors (Lipinski definition) is 2. The van der Waals surface area contributed by atoms with Crippen LogP contribution in [0.1, 0.15) is 11.1 Å². The molecule has 172 valence electrons. The number of benzene rings is 3. The first-order valence-corrected chi connectivity index (χ1v) is 11.3. The molecule has 34 heavy (non-hydrogen) atoms. The number of imide groups is 1. The van der Waals surface area contributed by atoms with Crippen LogP contribution in [0.5, 0.6) is 11.5 Å². The number of nitrogens with zero attached hydrogens (tertiary/aromatic N) is 1. The maximum atomic E-state index is 12.9. The Labute approximate surface area is 200 Å². The van der Waals surface area contributed by atoms with E-state index in [9.17, 15) is 19.5 Å². The van der Waals surface area contributed by atoms with Crippen molar-refractivity contribution in [1.29, 1.82) is 0 Å². The third-order valence-corrected chi connectivity index (χ3v) is 6.20. The van der Waals surface area contributed by atoms with E-state index in [1.807, 2.05) is 36.4 Å². The van der Waals surface area contributed by atoms with Crippen molar-refractivity contribution < 1.29 is 24.2 Å². The van der Waals surface area contributed by atoms with Gasteiger partial charge in [-0.25, -0.2) is 0 Å². The molecule has 0 radical (unpaired) electrons. The fourth-order valence-corrected chi connectivity index (χ4v) is 4.53. The van der Waals surface area contributed by atoms with E-state index in [1.54, 1.807) is 30.4 Å². The number of aromatic hydroxyl groups is 1. The van der Waals surface area contributed by atoms with Gasteiger partial charge in [-0.1, -0.05) is 42.5 Å². The Hall–Kier alpha value is -4.04. The maximum Gasteiger partial charge on any atom is 0.294 e. The van der Waals surface area contributed by atoms with Gasteiger partial charge in [-0.3, -0.25) is 19.3 Å². The minimum Gasteiger partial charge on any atom is -0.504 e. The molecule has 3 aromatic rings. The van der Waals surface area contributed by atoms with Gasteiger partial charge in [0.15, 0.2) is 11.5 Å². The summed E-state index contributed by atoms with van der Waals surface area (Å²) in [5.74, 6) is -0.781. The van der Waals surface area contributed by atoms with Gasteiger partial charge < -0.3 is 15.2 Å². The lowest BCUT2D eigenvalue weighted by Crippen LogP contribution is -2.36. The molecule has 1 saturated heterocycles. The predicted octanol–water partition coefficient (Wildman–Crippen LogP) is 4.96. The van der Waals surface area contributed by atoms with Crippen molar-refractivity contribution in [2.45, 2.75) is 6.42 Å². The Bertz CT molecular complexity index is 1340. The third kappa shape index (κ3) is 4.67. The van der Waals surface area contributed by atoms with E-state index in [1.165, 1.54) is 7.11 Å². The summed E-state index contributed by atoms with van der Waals surface area (Å²) in [5, 5.41) is 14.4. The van der Waals surface area contributed by atoms with E-state index in [2.05, 4.69) is 11.9 Å². The van der Waals surface area contributed by atoms with Gasteiger partial charge >= 0.3 is 0 Å². The molecule has 1 fully saturated rings. The van der Waals surface area contributed by atoms with Crippen molar-refractivity contribution >= 4 is 51.4 Å². The van der Waals surface area contributed by atoms with Gasteiger partial charge in [0.25, 0.3) is 11.1 Å². The molecule has 2 N–H and O–H groups in total. The normalized spacial score (nSPS) is 14.6. The molecule has 3 aromatic carbocycles. The lowest BCUT2D eigenvalue weighted by Gasteiger charge is -2.13. The number of nitrogens with one attached hydrogen (secondary N) is 1. The number of allylic oxidation sites excluding steroid dienone is 1. The molecule has 0 aromatic heterocycles. The Morgan fingerprint density at radius 1 is 1.18 bits per heavy atom. The molecule has 3 amide bonds. The summed E-state index contributed by atoms with van der Waals surface area (Å²) in [6, 6.07) is 16.4. The zero-order chi connectivity index (χ0) is 24.2. The molecule has 0 atom stereocenters. The topological polar surface area (TPSA) is 95.9 Å². The highest BCUT2D eigenvalue weighted by atomic mass is 32.2. The second-order valence-electron chi connectivity index (χ2n) is 7.57. The van der Waals surface area contributed by atoms with Gasteiger partial charge in [0.2, 0.25) is 5.91 Å². The molecule has 0 unspecified atom stereocenters. The predicted molar refractivity (Wildman–Crippen MR) is 134 cm³/mol. The van der Waals surface area contributed by atoms with Gasteiger partial charge in [0, 0.05) is 16.6 Å². The summed E-state index contributed by atoms with van der Waals surface area (Å²) in [4.78, 5) is 39.2. The third-order valence-electron chi connectivity index (χ3n) is 5.30. The average molecular weight is 475 g/mol. The Balaban J connectivity index is 1.53. The van der Waals surface area contributed by atoms with E-state index < -0.39 is 23.6 Å². The SMILES string of the molecule is C=CCc1cc(/C=C2\SC(=O)N(CC(=O)Nc3cccc4ccccc34)C2=O)cc(OC)c1O. The van der Waals surface area contributed by atoms with E-state index in [0.717, 1.165) is 27.4 Å². The molecule has 8 heteroatoms. The van der Waals surface area contributed by atoms with Crippen LogP contribution in [0, 0.1) is 0 Å². The van der Waals surface area contributed by atoms with Crippen LogP contribution < -0.4 is 10.1 Å². The van der Waals surface area contributed by atoms with Crippen LogP contribution in [0.2, 0.25) is 0 Å². The second kappa shape index (κ2) is 9.84. The van der Waals surface area contributed by atoms with Crippen molar-refractivity contribution in [3.05, 3.63) is 83.3 Å². The van der Waals surface area contributed by atoms with Crippen molar-refractivity contribution in [3.63, 3.8) is 0 Å². The highest BCUT2D eigenvalue weighted by Gasteiger charge is 2.36. The molecule has 1 heterocycles. The summed E-state index contributed by atoms with van der Waals surface area (Å²) >= 11 is 0.759. The lowest BCUT2D eigenvalue weighted by molar-refractivity contribution is -0.127. The number of amides is 3. The van der Waals surface area contributed by atoms with Crippen LogP contribution in [0.25, 0.3) is 16.8 Å². The fourth-order valence-electron chi connectivity index (χ4n) is 3.69. The number of carbonyl (C=O) groups is 3. The summed E-state index contributed by atoms with van der Waals surface area (Å²) in [5.41, 5.74) is 1.77.